The zero-order chi connectivity index (χ0) is 17.3. The second-order valence-corrected chi connectivity index (χ2v) is 13.0. The first kappa shape index (κ1) is 17.8. The predicted molar refractivity (Wildman–Crippen MR) is 96.8 cm³/mol. The van der Waals surface area contributed by atoms with E-state index in [9.17, 15) is 9.90 Å². The first-order valence-electron chi connectivity index (χ1n) is 8.14. The van der Waals surface area contributed by atoms with E-state index < -0.39 is 14.0 Å². The summed E-state index contributed by atoms with van der Waals surface area (Å²) in [5.74, 6) is 2.29. The minimum Gasteiger partial charge on any atom is -0.481 e. The van der Waals surface area contributed by atoms with E-state index in [1.807, 2.05) is 13.8 Å². The molecule has 1 aromatic rings. The van der Waals surface area contributed by atoms with E-state index in [4.69, 9.17) is 0 Å². The van der Waals surface area contributed by atoms with Gasteiger partial charge in [-0.3, -0.25) is 9.69 Å². The van der Waals surface area contributed by atoms with Gasteiger partial charge in [0.1, 0.15) is 8.07 Å². The number of aliphatic carboxylic acids is 1. The summed E-state index contributed by atoms with van der Waals surface area (Å²) >= 11 is 0. The number of likely N-dealkylation sites (tertiary alicyclic amines) is 1. The van der Waals surface area contributed by atoms with Crippen molar-refractivity contribution in [3.63, 3.8) is 0 Å². The number of hydrogen-bond donors (Lipinski definition) is 1. The normalized spacial score (nSPS) is 20.8. The van der Waals surface area contributed by atoms with Crippen LogP contribution in [0.15, 0.2) is 24.3 Å². The van der Waals surface area contributed by atoms with E-state index in [1.54, 1.807) is 0 Å². The molecule has 3 nitrogen and oxygen atoms in total. The van der Waals surface area contributed by atoms with E-state index >= 15 is 0 Å². The minimum atomic E-state index is -1.34. The van der Waals surface area contributed by atoms with Gasteiger partial charge in [-0.1, -0.05) is 51.5 Å². The average Bonchev–Trinajstić information content (AvgIpc) is 2.72. The molecule has 124 valence electrons. The van der Waals surface area contributed by atoms with Crippen molar-refractivity contribution in [3.05, 3.63) is 35.4 Å². The van der Waals surface area contributed by atoms with E-state index in [0.717, 1.165) is 18.7 Å². The van der Waals surface area contributed by atoms with E-state index in [0.29, 0.717) is 6.54 Å². The van der Waals surface area contributed by atoms with Crippen LogP contribution < -0.4 is 0 Å². The maximum Gasteiger partial charge on any atom is 0.308 e. The molecule has 1 atom stereocenters. The summed E-state index contributed by atoms with van der Waals surface area (Å²) in [4.78, 5) is 13.6. The highest BCUT2D eigenvalue weighted by Crippen LogP contribution is 2.35. The van der Waals surface area contributed by atoms with Crippen LogP contribution in [-0.2, 0) is 11.3 Å². The molecule has 1 unspecified atom stereocenters. The molecule has 0 aliphatic carbocycles. The molecule has 23 heavy (non-hydrogen) atoms. The Labute approximate surface area is 140 Å². The lowest BCUT2D eigenvalue weighted by molar-refractivity contribution is -0.144. The summed E-state index contributed by atoms with van der Waals surface area (Å²) in [6, 6.07) is 8.35. The Morgan fingerprint density at radius 3 is 2.39 bits per heavy atom. The molecule has 0 radical (unpaired) electrons. The number of carboxylic acids is 1. The van der Waals surface area contributed by atoms with Crippen LogP contribution in [0.4, 0.5) is 0 Å². The Kier molecular flexibility index (Phi) is 5.03. The predicted octanol–water partition coefficient (Wildman–Crippen LogP) is 3.46. The van der Waals surface area contributed by atoms with Gasteiger partial charge in [0.15, 0.2) is 0 Å². The molecular weight excluding hydrogens is 302 g/mol. The number of carbonyl (C=O) groups is 1. The van der Waals surface area contributed by atoms with Gasteiger partial charge in [0.2, 0.25) is 0 Å². The third-order valence-electron chi connectivity index (χ3n) is 4.26. The van der Waals surface area contributed by atoms with Gasteiger partial charge in [0.05, 0.1) is 5.92 Å². The number of nitrogens with zero attached hydrogens (tertiary/aromatic N) is 1. The highest BCUT2D eigenvalue weighted by Gasteiger charge is 2.43. The van der Waals surface area contributed by atoms with E-state index in [-0.39, 0.29) is 11.3 Å². The molecule has 2 rings (SSSR count). The van der Waals surface area contributed by atoms with Crippen LogP contribution in [0.25, 0.3) is 0 Å². The molecule has 0 aromatic heterocycles. The molecule has 1 saturated heterocycles. The minimum absolute atomic E-state index is 0.172. The number of carboxylic acid groups (broad SMARTS) is 1. The Hall–Kier alpha value is -1.57. The van der Waals surface area contributed by atoms with Gasteiger partial charge in [-0.15, -0.1) is 5.54 Å². The quantitative estimate of drug-likeness (QED) is 0.682. The van der Waals surface area contributed by atoms with Gasteiger partial charge < -0.3 is 5.11 Å². The standard InChI is InChI=1S/C19H27NO2Si/c1-19(2)14-20(13-17(19)18(21)22)12-16-8-6-15(7-9-16)10-11-23(3,4)5/h6-9,17H,12-14H2,1-5H3,(H,21,22). The molecular formula is C19H27NO2Si. The summed E-state index contributed by atoms with van der Waals surface area (Å²) in [5.41, 5.74) is 5.47. The molecule has 0 spiro atoms. The zero-order valence-corrected chi connectivity index (χ0v) is 15.8. The summed E-state index contributed by atoms with van der Waals surface area (Å²) < 4.78 is 0. The van der Waals surface area contributed by atoms with Gasteiger partial charge in [0.25, 0.3) is 0 Å². The lowest BCUT2D eigenvalue weighted by atomic mass is 9.82. The Bertz CT molecular complexity index is 632. The molecule has 0 bridgehead atoms. The maximum atomic E-state index is 11.4. The lowest BCUT2D eigenvalue weighted by Crippen LogP contribution is -2.28. The fraction of sp³-hybridized carbons (Fsp3) is 0.526. The Morgan fingerprint density at radius 2 is 1.91 bits per heavy atom. The van der Waals surface area contributed by atoms with Crippen molar-refractivity contribution in [2.45, 2.75) is 40.0 Å². The van der Waals surface area contributed by atoms with Crippen molar-refractivity contribution in [1.29, 1.82) is 0 Å². The van der Waals surface area contributed by atoms with Crippen LogP contribution in [0.1, 0.15) is 25.0 Å². The molecule has 1 heterocycles. The Morgan fingerprint density at radius 1 is 1.30 bits per heavy atom. The van der Waals surface area contributed by atoms with Crippen LogP contribution in [0.3, 0.4) is 0 Å². The van der Waals surface area contributed by atoms with Crippen molar-refractivity contribution in [3.8, 4) is 11.5 Å². The monoisotopic (exact) mass is 329 g/mol. The van der Waals surface area contributed by atoms with Gasteiger partial charge in [-0.25, -0.2) is 0 Å². The first-order valence-corrected chi connectivity index (χ1v) is 11.6. The van der Waals surface area contributed by atoms with Crippen molar-refractivity contribution >= 4 is 14.0 Å². The van der Waals surface area contributed by atoms with Gasteiger partial charge in [-0.2, -0.15) is 0 Å². The van der Waals surface area contributed by atoms with Crippen LogP contribution in [0.2, 0.25) is 19.6 Å². The fourth-order valence-corrected chi connectivity index (χ4v) is 3.52. The van der Waals surface area contributed by atoms with Crippen LogP contribution in [0, 0.1) is 22.8 Å². The molecule has 4 heteroatoms. The summed E-state index contributed by atoms with van der Waals surface area (Å²) in [7, 11) is -1.34. The third-order valence-corrected chi connectivity index (χ3v) is 5.13. The lowest BCUT2D eigenvalue weighted by Gasteiger charge is -2.22. The molecule has 1 fully saturated rings. The molecule has 1 aromatic carbocycles. The SMILES string of the molecule is CC1(C)CN(Cc2ccc(C#C[Si](C)(C)C)cc2)CC1C(=O)O. The van der Waals surface area contributed by atoms with Gasteiger partial charge in [-0.05, 0) is 23.1 Å². The number of hydrogen-bond acceptors (Lipinski definition) is 2. The second-order valence-electron chi connectivity index (χ2n) is 8.25. The third kappa shape index (κ3) is 4.95. The van der Waals surface area contributed by atoms with E-state index in [1.165, 1.54) is 5.56 Å². The largest absolute Gasteiger partial charge is 0.481 e. The maximum absolute atomic E-state index is 11.4. The zero-order valence-electron chi connectivity index (χ0n) is 14.8. The fourth-order valence-electron chi connectivity index (χ4n) is 3.00. The summed E-state index contributed by atoms with van der Waals surface area (Å²) in [6.45, 7) is 13.0. The van der Waals surface area contributed by atoms with Gasteiger partial charge >= 0.3 is 5.97 Å². The molecule has 0 saturated carbocycles. The van der Waals surface area contributed by atoms with Crippen LogP contribution in [0.5, 0.6) is 0 Å². The Balaban J connectivity index is 2.02. The number of rotatable bonds is 3. The number of benzene rings is 1. The first-order chi connectivity index (χ1) is 10.6. The van der Waals surface area contributed by atoms with Gasteiger partial charge in [0, 0.05) is 25.2 Å². The highest BCUT2D eigenvalue weighted by molar-refractivity contribution is 6.83. The molecule has 1 aliphatic heterocycles. The topological polar surface area (TPSA) is 40.5 Å². The second kappa shape index (κ2) is 6.50. The highest BCUT2D eigenvalue weighted by atomic mass is 28.3. The van der Waals surface area contributed by atoms with Crippen LogP contribution >= 0.6 is 0 Å². The van der Waals surface area contributed by atoms with Crippen molar-refractivity contribution < 1.29 is 9.90 Å². The van der Waals surface area contributed by atoms with Crippen molar-refractivity contribution in [1.82, 2.24) is 4.90 Å². The molecule has 1 aliphatic rings. The van der Waals surface area contributed by atoms with Crippen molar-refractivity contribution in [2.75, 3.05) is 13.1 Å². The average molecular weight is 330 g/mol. The summed E-state index contributed by atoms with van der Waals surface area (Å²) in [5, 5.41) is 9.36. The summed E-state index contributed by atoms with van der Waals surface area (Å²) in [6.07, 6.45) is 0. The molecule has 1 N–H and O–H groups in total. The molecule has 0 amide bonds. The van der Waals surface area contributed by atoms with Crippen LogP contribution in [-0.4, -0.2) is 37.1 Å². The smallest absolute Gasteiger partial charge is 0.308 e. The van der Waals surface area contributed by atoms with E-state index in [2.05, 4.69) is 60.3 Å². The van der Waals surface area contributed by atoms with Crippen molar-refractivity contribution in [2.24, 2.45) is 11.3 Å².